The first-order valence-electron chi connectivity index (χ1n) is 8.12. The molecule has 0 aromatic heterocycles. The van der Waals surface area contributed by atoms with E-state index in [4.69, 9.17) is 5.73 Å². The third kappa shape index (κ3) is 4.48. The van der Waals surface area contributed by atoms with E-state index in [1.807, 2.05) is 24.3 Å². The second-order valence-corrected chi connectivity index (χ2v) is 5.82. The monoisotopic (exact) mass is 302 g/mol. The molecule has 0 amide bonds. The summed E-state index contributed by atoms with van der Waals surface area (Å²) in [7, 11) is 0. The van der Waals surface area contributed by atoms with Gasteiger partial charge in [-0.25, -0.2) is 0 Å². The van der Waals surface area contributed by atoms with Crippen molar-refractivity contribution in [1.29, 1.82) is 0 Å². The van der Waals surface area contributed by atoms with Crippen LogP contribution >= 0.6 is 0 Å². The van der Waals surface area contributed by atoms with Gasteiger partial charge in [-0.05, 0) is 41.8 Å². The van der Waals surface area contributed by atoms with Crippen molar-refractivity contribution in [1.82, 2.24) is 4.90 Å². The molecule has 2 heteroatoms. The number of nitrogens with zero attached hydrogens (tertiary/aromatic N) is 1. The van der Waals surface area contributed by atoms with Crippen molar-refractivity contribution in [3.63, 3.8) is 0 Å². The van der Waals surface area contributed by atoms with Crippen molar-refractivity contribution in [3.05, 3.63) is 71.8 Å². The molecule has 2 nitrogen and oxygen atoms in total. The molecule has 1 heterocycles. The third-order valence-electron chi connectivity index (χ3n) is 4.13. The zero-order valence-electron chi connectivity index (χ0n) is 13.3. The van der Waals surface area contributed by atoms with E-state index in [0.717, 1.165) is 43.7 Å². The fourth-order valence-corrected chi connectivity index (χ4v) is 2.77. The Morgan fingerprint density at radius 3 is 2.48 bits per heavy atom. The summed E-state index contributed by atoms with van der Waals surface area (Å²) in [6, 6.07) is 18.4. The minimum Gasteiger partial charge on any atom is -0.399 e. The fourth-order valence-electron chi connectivity index (χ4n) is 2.77. The summed E-state index contributed by atoms with van der Waals surface area (Å²) in [4.78, 5) is 2.46. The van der Waals surface area contributed by atoms with Crippen LogP contribution in [-0.2, 0) is 0 Å². The van der Waals surface area contributed by atoms with Crippen LogP contribution in [0.3, 0.4) is 0 Å². The highest BCUT2D eigenvalue weighted by molar-refractivity contribution is 5.66. The summed E-state index contributed by atoms with van der Waals surface area (Å²) in [5.41, 5.74) is 10.3. The molecule has 0 spiro atoms. The first-order chi connectivity index (χ1) is 11.3. The van der Waals surface area contributed by atoms with Crippen molar-refractivity contribution in [2.24, 2.45) is 0 Å². The van der Waals surface area contributed by atoms with Gasteiger partial charge in [0.2, 0.25) is 0 Å². The third-order valence-corrected chi connectivity index (χ3v) is 4.13. The van der Waals surface area contributed by atoms with Gasteiger partial charge in [-0.1, -0.05) is 48.2 Å². The SMILES string of the molecule is Nc1ccc(C#CCCN2CC=C(c3ccccc3)CC2)cc1. The van der Waals surface area contributed by atoms with E-state index in [9.17, 15) is 0 Å². The lowest BCUT2D eigenvalue weighted by Gasteiger charge is -2.25. The van der Waals surface area contributed by atoms with Crippen molar-refractivity contribution in [2.75, 3.05) is 25.4 Å². The van der Waals surface area contributed by atoms with Crippen LogP contribution < -0.4 is 5.73 Å². The zero-order valence-corrected chi connectivity index (χ0v) is 13.3. The summed E-state index contributed by atoms with van der Waals surface area (Å²) < 4.78 is 0. The number of nitrogen functional groups attached to an aromatic ring is 1. The zero-order chi connectivity index (χ0) is 15.9. The highest BCUT2D eigenvalue weighted by Crippen LogP contribution is 2.21. The van der Waals surface area contributed by atoms with Gasteiger partial charge in [-0.3, -0.25) is 4.90 Å². The number of rotatable bonds is 3. The van der Waals surface area contributed by atoms with E-state index in [1.54, 1.807) is 0 Å². The molecule has 0 aliphatic carbocycles. The van der Waals surface area contributed by atoms with E-state index in [1.165, 1.54) is 11.1 Å². The van der Waals surface area contributed by atoms with Crippen LogP contribution in [-0.4, -0.2) is 24.5 Å². The van der Waals surface area contributed by atoms with Crippen molar-refractivity contribution >= 4 is 11.3 Å². The van der Waals surface area contributed by atoms with Crippen LogP contribution in [0.4, 0.5) is 5.69 Å². The average Bonchev–Trinajstić information content (AvgIpc) is 2.62. The van der Waals surface area contributed by atoms with Gasteiger partial charge in [-0.15, -0.1) is 0 Å². The molecule has 0 bridgehead atoms. The highest BCUT2D eigenvalue weighted by atomic mass is 15.1. The first kappa shape index (κ1) is 15.4. The van der Waals surface area contributed by atoms with Gasteiger partial charge in [0.15, 0.2) is 0 Å². The lowest BCUT2D eigenvalue weighted by atomic mass is 9.99. The van der Waals surface area contributed by atoms with Gasteiger partial charge in [0, 0.05) is 37.3 Å². The van der Waals surface area contributed by atoms with E-state index >= 15 is 0 Å². The minimum atomic E-state index is 0.782. The topological polar surface area (TPSA) is 29.3 Å². The molecule has 1 aliphatic rings. The molecule has 0 saturated carbocycles. The minimum absolute atomic E-state index is 0.782. The molecule has 1 aliphatic heterocycles. The number of hydrogen-bond acceptors (Lipinski definition) is 2. The molecular formula is C21H22N2. The Kier molecular flexibility index (Phi) is 5.13. The Morgan fingerprint density at radius 1 is 1.00 bits per heavy atom. The van der Waals surface area contributed by atoms with E-state index in [2.05, 4.69) is 53.1 Å². The normalized spacial score (nSPS) is 14.7. The Hall–Kier alpha value is -2.50. The van der Waals surface area contributed by atoms with E-state index in [0.29, 0.717) is 0 Å². The Labute approximate surface area is 138 Å². The fraction of sp³-hybridized carbons (Fsp3) is 0.238. The molecule has 0 fully saturated rings. The van der Waals surface area contributed by atoms with Crippen LogP contribution in [0.2, 0.25) is 0 Å². The molecule has 0 saturated heterocycles. The van der Waals surface area contributed by atoms with Crippen LogP contribution in [0, 0.1) is 11.8 Å². The summed E-state index contributed by atoms with van der Waals surface area (Å²) in [6.45, 7) is 3.17. The van der Waals surface area contributed by atoms with Gasteiger partial charge in [0.25, 0.3) is 0 Å². The predicted octanol–water partition coefficient (Wildman–Crippen LogP) is 3.80. The lowest BCUT2D eigenvalue weighted by Crippen LogP contribution is -2.29. The molecular weight excluding hydrogens is 280 g/mol. The number of hydrogen-bond donors (Lipinski definition) is 1. The summed E-state index contributed by atoms with van der Waals surface area (Å²) in [5, 5.41) is 0. The smallest absolute Gasteiger partial charge is 0.0314 e. The van der Waals surface area contributed by atoms with Crippen LogP contribution in [0.15, 0.2) is 60.7 Å². The molecule has 3 rings (SSSR count). The largest absolute Gasteiger partial charge is 0.399 e. The summed E-state index contributed by atoms with van der Waals surface area (Å²) >= 11 is 0. The quantitative estimate of drug-likeness (QED) is 0.690. The maximum Gasteiger partial charge on any atom is 0.0314 e. The maximum absolute atomic E-state index is 5.67. The molecule has 116 valence electrons. The Morgan fingerprint density at radius 2 is 1.78 bits per heavy atom. The van der Waals surface area contributed by atoms with Crippen LogP contribution in [0.5, 0.6) is 0 Å². The molecule has 2 aromatic rings. The van der Waals surface area contributed by atoms with E-state index in [-0.39, 0.29) is 0 Å². The average molecular weight is 302 g/mol. The maximum atomic E-state index is 5.67. The highest BCUT2D eigenvalue weighted by Gasteiger charge is 2.11. The molecule has 23 heavy (non-hydrogen) atoms. The van der Waals surface area contributed by atoms with Crippen LogP contribution in [0.25, 0.3) is 5.57 Å². The Bertz CT molecular complexity index is 718. The number of anilines is 1. The molecule has 2 N–H and O–H groups in total. The predicted molar refractivity (Wildman–Crippen MR) is 97.8 cm³/mol. The molecule has 0 radical (unpaired) electrons. The van der Waals surface area contributed by atoms with Crippen molar-refractivity contribution < 1.29 is 0 Å². The molecule has 0 unspecified atom stereocenters. The number of nitrogens with two attached hydrogens (primary N) is 1. The summed E-state index contributed by atoms with van der Waals surface area (Å²) in [5.74, 6) is 6.46. The lowest BCUT2D eigenvalue weighted by molar-refractivity contribution is 0.309. The summed E-state index contributed by atoms with van der Waals surface area (Å²) in [6.07, 6.45) is 4.38. The van der Waals surface area contributed by atoms with Crippen LogP contribution in [0.1, 0.15) is 24.0 Å². The first-order valence-corrected chi connectivity index (χ1v) is 8.12. The second-order valence-electron chi connectivity index (χ2n) is 5.82. The standard InChI is InChI=1S/C21H22N2/c22-21-11-9-18(10-12-21)6-4-5-15-23-16-13-20(14-17-23)19-7-2-1-3-8-19/h1-3,7-13H,5,14-17,22H2. The van der Waals surface area contributed by atoms with Gasteiger partial charge in [0.05, 0.1) is 0 Å². The van der Waals surface area contributed by atoms with Crippen molar-refractivity contribution in [2.45, 2.75) is 12.8 Å². The molecule has 0 atom stereocenters. The van der Waals surface area contributed by atoms with E-state index < -0.39 is 0 Å². The second kappa shape index (κ2) is 7.67. The van der Waals surface area contributed by atoms with Gasteiger partial charge in [0.1, 0.15) is 0 Å². The van der Waals surface area contributed by atoms with Crippen molar-refractivity contribution in [3.8, 4) is 11.8 Å². The van der Waals surface area contributed by atoms with Gasteiger partial charge < -0.3 is 5.73 Å². The molecule has 2 aromatic carbocycles. The van der Waals surface area contributed by atoms with Gasteiger partial charge >= 0.3 is 0 Å². The Balaban J connectivity index is 1.48. The van der Waals surface area contributed by atoms with Gasteiger partial charge in [-0.2, -0.15) is 0 Å². The number of benzene rings is 2.